The Morgan fingerprint density at radius 1 is 1.08 bits per heavy atom. The van der Waals surface area contributed by atoms with Crippen LogP contribution in [0.15, 0.2) is 61.1 Å². The molecule has 0 spiro atoms. The summed E-state index contributed by atoms with van der Waals surface area (Å²) in [5.74, 6) is 2.42. The smallest absolute Gasteiger partial charge is 0.159 e. The number of anilines is 2. The largest absolute Gasteiger partial charge is 0.457 e. The second-order valence-electron chi connectivity index (χ2n) is 10.6. The van der Waals surface area contributed by atoms with Crippen molar-refractivity contribution in [2.45, 2.75) is 50.3 Å². The van der Waals surface area contributed by atoms with Crippen molar-refractivity contribution in [3.63, 3.8) is 0 Å². The molecule has 5 aromatic rings. The number of nitrogens with zero attached hydrogens (tertiary/aromatic N) is 6. The summed E-state index contributed by atoms with van der Waals surface area (Å²) in [5.41, 5.74) is 2.93. The molecule has 4 atom stereocenters. The Bertz CT molecular complexity index is 1700. The highest BCUT2D eigenvalue weighted by atomic mass is 19.1. The molecular formula is C29H28FN7O2. The van der Waals surface area contributed by atoms with Gasteiger partial charge in [0.05, 0.1) is 17.0 Å². The van der Waals surface area contributed by atoms with Crippen molar-refractivity contribution in [2.75, 3.05) is 12.4 Å². The number of hydrogen-bond acceptors (Lipinski definition) is 8. The maximum atomic E-state index is 14.5. The van der Waals surface area contributed by atoms with Crippen LogP contribution < -0.4 is 10.1 Å². The first kappa shape index (κ1) is 23.9. The van der Waals surface area contributed by atoms with Gasteiger partial charge in [-0.2, -0.15) is 5.10 Å². The third-order valence-corrected chi connectivity index (χ3v) is 8.08. The van der Waals surface area contributed by atoms with Gasteiger partial charge in [0.2, 0.25) is 0 Å². The topological polar surface area (TPSA) is 101 Å². The maximum absolute atomic E-state index is 14.5. The average Bonchev–Trinajstić information content (AvgIpc) is 3.40. The van der Waals surface area contributed by atoms with E-state index in [1.807, 2.05) is 43.5 Å². The second kappa shape index (κ2) is 9.25. The van der Waals surface area contributed by atoms with E-state index in [4.69, 9.17) is 14.8 Å². The summed E-state index contributed by atoms with van der Waals surface area (Å²) in [6.07, 6.45) is 5.57. The molecular weight excluding hydrogens is 497 g/mol. The molecule has 5 heterocycles. The van der Waals surface area contributed by atoms with E-state index in [9.17, 15) is 9.50 Å². The number of ether oxygens (including phenoxy) is 1. The molecule has 0 amide bonds. The van der Waals surface area contributed by atoms with Gasteiger partial charge in [0.25, 0.3) is 0 Å². The molecule has 1 unspecified atom stereocenters. The maximum Gasteiger partial charge on any atom is 0.159 e. The summed E-state index contributed by atoms with van der Waals surface area (Å²) in [6, 6.07) is 14.9. The van der Waals surface area contributed by atoms with Crippen molar-refractivity contribution < 1.29 is 14.2 Å². The fourth-order valence-electron chi connectivity index (χ4n) is 6.10. The lowest BCUT2D eigenvalue weighted by Crippen LogP contribution is -2.42. The lowest BCUT2D eigenvalue weighted by molar-refractivity contribution is 0.0478. The molecule has 198 valence electrons. The van der Waals surface area contributed by atoms with Gasteiger partial charge < -0.3 is 15.2 Å². The van der Waals surface area contributed by atoms with Crippen molar-refractivity contribution in [1.82, 2.24) is 29.5 Å². The minimum atomic E-state index is -0.375. The summed E-state index contributed by atoms with van der Waals surface area (Å²) in [4.78, 5) is 15.6. The summed E-state index contributed by atoms with van der Waals surface area (Å²) < 4.78 is 22.5. The summed E-state index contributed by atoms with van der Waals surface area (Å²) in [5, 5.41) is 18.6. The fraction of sp³-hybridized carbons (Fsp3) is 0.310. The van der Waals surface area contributed by atoms with Crippen molar-refractivity contribution >= 4 is 28.1 Å². The van der Waals surface area contributed by atoms with E-state index in [2.05, 4.69) is 27.2 Å². The van der Waals surface area contributed by atoms with Gasteiger partial charge in [0.15, 0.2) is 11.5 Å². The molecule has 2 aromatic carbocycles. The van der Waals surface area contributed by atoms with E-state index in [0.29, 0.717) is 34.3 Å². The van der Waals surface area contributed by atoms with Crippen molar-refractivity contribution in [3.05, 3.63) is 78.3 Å². The molecule has 2 fully saturated rings. The molecule has 3 aromatic heterocycles. The average molecular weight is 526 g/mol. The van der Waals surface area contributed by atoms with Crippen LogP contribution in [0.2, 0.25) is 0 Å². The molecule has 0 aliphatic carbocycles. The summed E-state index contributed by atoms with van der Waals surface area (Å²) >= 11 is 0. The SMILES string of the molecule is Cc1cc(Nc2ncnc3cccc(F)c23)ccc1Oc1ccn2nc(C3C[C@@H]4C[C@@H](O)C[C@H]3N4C)nc2c1. The Labute approximate surface area is 224 Å². The van der Waals surface area contributed by atoms with Crippen LogP contribution in [0, 0.1) is 12.7 Å². The molecule has 9 nitrogen and oxygen atoms in total. The van der Waals surface area contributed by atoms with Gasteiger partial charge >= 0.3 is 0 Å². The standard InChI is InChI=1S/C29H28FN7O2/c1-16-10-17(33-29-27-22(30)4-3-5-23(27)31-15-32-29)6-7-25(16)39-20-8-9-37-26(14-20)34-28(35-37)21-12-18-11-19(38)13-24(21)36(18)2/h3-10,14-15,18-19,21,24,38H,11-13H2,1-2H3,(H,31,32,33)/t18-,19+,21?,24+/m0/s1. The van der Waals surface area contributed by atoms with E-state index >= 15 is 0 Å². The second-order valence-corrected chi connectivity index (χ2v) is 10.6. The highest BCUT2D eigenvalue weighted by Crippen LogP contribution is 2.43. The van der Waals surface area contributed by atoms with E-state index in [0.717, 1.165) is 42.0 Å². The molecule has 2 bridgehead atoms. The predicted octanol–water partition coefficient (Wildman–Crippen LogP) is 4.97. The number of benzene rings is 2. The number of likely N-dealkylation sites (N-methyl/N-ethyl adjacent to an activating group) is 1. The van der Waals surface area contributed by atoms with Crippen LogP contribution in [0.3, 0.4) is 0 Å². The number of rotatable bonds is 5. The van der Waals surface area contributed by atoms with Crippen LogP contribution >= 0.6 is 0 Å². The molecule has 10 heteroatoms. The fourth-order valence-corrected chi connectivity index (χ4v) is 6.10. The number of halogens is 1. The van der Waals surface area contributed by atoms with Gasteiger partial charge in [0, 0.05) is 36.0 Å². The molecule has 39 heavy (non-hydrogen) atoms. The van der Waals surface area contributed by atoms with E-state index in [1.54, 1.807) is 16.6 Å². The normalized spacial score (nSPS) is 23.0. The third-order valence-electron chi connectivity index (χ3n) is 8.08. The van der Waals surface area contributed by atoms with Crippen molar-refractivity contribution in [2.24, 2.45) is 0 Å². The predicted molar refractivity (Wildman–Crippen MR) is 145 cm³/mol. The lowest BCUT2D eigenvalue weighted by atomic mass is 9.96. The van der Waals surface area contributed by atoms with Gasteiger partial charge in [-0.15, -0.1) is 0 Å². The van der Waals surface area contributed by atoms with Crippen molar-refractivity contribution in [1.29, 1.82) is 0 Å². The van der Waals surface area contributed by atoms with Gasteiger partial charge in [-0.3, -0.25) is 4.90 Å². The first-order valence-corrected chi connectivity index (χ1v) is 13.1. The van der Waals surface area contributed by atoms with Crippen LogP contribution in [0.25, 0.3) is 16.6 Å². The third kappa shape index (κ3) is 4.25. The molecule has 2 aliphatic heterocycles. The summed E-state index contributed by atoms with van der Waals surface area (Å²) in [7, 11) is 2.14. The highest BCUT2D eigenvalue weighted by molar-refractivity contribution is 5.91. The van der Waals surface area contributed by atoms with Crippen LogP contribution in [0.4, 0.5) is 15.9 Å². The Morgan fingerprint density at radius 3 is 2.85 bits per heavy atom. The number of pyridine rings is 1. The van der Waals surface area contributed by atoms with Gasteiger partial charge in [-0.05, 0) is 75.2 Å². The van der Waals surface area contributed by atoms with Gasteiger partial charge in [-0.1, -0.05) is 6.07 Å². The number of aliphatic hydroxyl groups excluding tert-OH is 1. The molecule has 7 rings (SSSR count). The number of piperidine rings is 1. The van der Waals surface area contributed by atoms with Crippen LogP contribution in [0.5, 0.6) is 11.5 Å². The number of nitrogens with one attached hydrogen (secondary N) is 1. The molecule has 0 radical (unpaired) electrons. The Kier molecular flexibility index (Phi) is 5.67. The number of aromatic nitrogens is 5. The zero-order chi connectivity index (χ0) is 26.7. The number of fused-ring (bicyclic) bond motifs is 4. The summed E-state index contributed by atoms with van der Waals surface area (Å²) in [6.45, 7) is 1.95. The Morgan fingerprint density at radius 2 is 1.97 bits per heavy atom. The molecule has 2 N–H and O–H groups in total. The minimum absolute atomic E-state index is 0.212. The van der Waals surface area contributed by atoms with Crippen molar-refractivity contribution in [3.8, 4) is 11.5 Å². The van der Waals surface area contributed by atoms with Crippen LogP contribution in [0.1, 0.15) is 36.6 Å². The quantitative estimate of drug-likeness (QED) is 0.332. The zero-order valence-corrected chi connectivity index (χ0v) is 21.6. The molecule has 0 saturated carbocycles. The van der Waals surface area contributed by atoms with Crippen LogP contribution in [-0.4, -0.2) is 59.8 Å². The van der Waals surface area contributed by atoms with E-state index < -0.39 is 0 Å². The molecule has 2 aliphatic rings. The molecule has 2 saturated heterocycles. The monoisotopic (exact) mass is 525 g/mol. The number of hydrogen-bond donors (Lipinski definition) is 2. The van der Waals surface area contributed by atoms with E-state index in [1.165, 1.54) is 12.4 Å². The van der Waals surface area contributed by atoms with Gasteiger partial charge in [-0.25, -0.2) is 23.9 Å². The first-order valence-electron chi connectivity index (χ1n) is 13.1. The minimum Gasteiger partial charge on any atom is -0.457 e. The van der Waals surface area contributed by atoms with Crippen LogP contribution in [-0.2, 0) is 0 Å². The Balaban J connectivity index is 1.11. The first-order chi connectivity index (χ1) is 18.9. The van der Waals surface area contributed by atoms with E-state index in [-0.39, 0.29) is 23.9 Å². The number of aliphatic hydroxyl groups is 1. The zero-order valence-electron chi connectivity index (χ0n) is 21.6. The Hall–Kier alpha value is -4.15. The number of aryl methyl sites for hydroxylation is 1. The lowest BCUT2D eigenvalue weighted by Gasteiger charge is -2.34. The van der Waals surface area contributed by atoms with Gasteiger partial charge in [0.1, 0.15) is 29.5 Å². The highest BCUT2D eigenvalue weighted by Gasteiger charge is 2.46.